The second kappa shape index (κ2) is 5.37. The number of nitrogens with one attached hydrogen (secondary N) is 1. The van der Waals surface area contributed by atoms with E-state index in [1.807, 2.05) is 10.8 Å². The highest BCUT2D eigenvalue weighted by Gasteiger charge is 2.31. The molecule has 1 saturated carbocycles. The molecule has 0 spiro atoms. The van der Waals surface area contributed by atoms with Crippen LogP contribution in [0.5, 0.6) is 0 Å². The van der Waals surface area contributed by atoms with Crippen LogP contribution in [0.15, 0.2) is 18.7 Å². The molecule has 0 saturated heterocycles. The molecule has 5 nitrogen and oxygen atoms in total. The van der Waals surface area contributed by atoms with Crippen LogP contribution in [0.25, 0.3) is 0 Å². The maximum atomic E-state index is 11.7. The molecule has 1 heterocycles. The van der Waals surface area contributed by atoms with E-state index in [1.54, 1.807) is 12.5 Å². The Morgan fingerprint density at radius 3 is 2.94 bits per heavy atom. The minimum Gasteiger partial charge on any atom is -0.333 e. The van der Waals surface area contributed by atoms with Gasteiger partial charge in [-0.2, -0.15) is 0 Å². The SMILES string of the molecule is O=S(=O)(CCCl)NC1CCCC1n1ccnc1. The largest absolute Gasteiger partial charge is 0.333 e. The molecule has 2 unspecified atom stereocenters. The van der Waals surface area contributed by atoms with Gasteiger partial charge < -0.3 is 4.57 Å². The molecule has 0 bridgehead atoms. The smallest absolute Gasteiger partial charge is 0.213 e. The third kappa shape index (κ3) is 3.20. The van der Waals surface area contributed by atoms with Crippen LogP contribution in [0.1, 0.15) is 25.3 Å². The first-order valence-electron chi connectivity index (χ1n) is 5.66. The van der Waals surface area contributed by atoms with E-state index in [0.29, 0.717) is 0 Å². The summed E-state index contributed by atoms with van der Waals surface area (Å²) in [6.07, 6.45) is 8.19. The topological polar surface area (TPSA) is 64.0 Å². The van der Waals surface area contributed by atoms with E-state index in [0.717, 1.165) is 19.3 Å². The average Bonchev–Trinajstić information content (AvgIpc) is 2.85. The summed E-state index contributed by atoms with van der Waals surface area (Å²) < 4.78 is 28.1. The quantitative estimate of drug-likeness (QED) is 0.821. The van der Waals surface area contributed by atoms with Crippen molar-refractivity contribution in [2.45, 2.75) is 31.3 Å². The van der Waals surface area contributed by atoms with Gasteiger partial charge >= 0.3 is 0 Å². The number of aromatic nitrogens is 2. The van der Waals surface area contributed by atoms with Gasteiger partial charge in [-0.25, -0.2) is 18.1 Å². The highest BCUT2D eigenvalue weighted by Crippen LogP contribution is 2.30. The van der Waals surface area contributed by atoms with Crippen molar-refractivity contribution in [3.63, 3.8) is 0 Å². The molecule has 1 aliphatic rings. The average molecular weight is 278 g/mol. The zero-order chi connectivity index (χ0) is 12.3. The van der Waals surface area contributed by atoms with Crippen LogP contribution in [-0.2, 0) is 10.0 Å². The Hall–Kier alpha value is -0.590. The zero-order valence-corrected chi connectivity index (χ0v) is 11.0. The number of nitrogens with zero attached hydrogens (tertiary/aromatic N) is 2. The lowest BCUT2D eigenvalue weighted by atomic mass is 10.2. The molecule has 0 aromatic carbocycles. The van der Waals surface area contributed by atoms with E-state index in [4.69, 9.17) is 11.6 Å². The maximum absolute atomic E-state index is 11.7. The summed E-state index contributed by atoms with van der Waals surface area (Å²) in [5.74, 6) is 0.0967. The Labute approximate surface area is 106 Å². The van der Waals surface area contributed by atoms with Crippen molar-refractivity contribution in [1.82, 2.24) is 14.3 Å². The standard InChI is InChI=1S/C10H16ClN3O2S/c11-4-7-17(15,16)13-9-2-1-3-10(9)14-6-5-12-8-14/h5-6,8-10,13H,1-4,7H2. The third-order valence-electron chi connectivity index (χ3n) is 3.06. The first-order chi connectivity index (χ1) is 8.12. The van der Waals surface area contributed by atoms with E-state index < -0.39 is 10.0 Å². The number of hydrogen-bond acceptors (Lipinski definition) is 3. The number of halogens is 1. The fourth-order valence-electron chi connectivity index (χ4n) is 2.29. The molecule has 1 aliphatic carbocycles. The lowest BCUT2D eigenvalue weighted by Gasteiger charge is -2.21. The molecule has 2 rings (SSSR count). The number of sulfonamides is 1. The Morgan fingerprint density at radius 2 is 2.29 bits per heavy atom. The number of imidazole rings is 1. The maximum Gasteiger partial charge on any atom is 0.213 e. The van der Waals surface area contributed by atoms with Gasteiger partial charge in [0.05, 0.1) is 18.1 Å². The fraction of sp³-hybridized carbons (Fsp3) is 0.700. The molecular weight excluding hydrogens is 262 g/mol. The normalized spacial score (nSPS) is 25.2. The van der Waals surface area contributed by atoms with Crippen LogP contribution >= 0.6 is 11.6 Å². The van der Waals surface area contributed by atoms with Gasteiger partial charge in [0.1, 0.15) is 0 Å². The van der Waals surface area contributed by atoms with Crippen molar-refractivity contribution in [2.24, 2.45) is 0 Å². The van der Waals surface area contributed by atoms with Crippen LogP contribution in [0.2, 0.25) is 0 Å². The Bertz CT molecular complexity index is 446. The van der Waals surface area contributed by atoms with Crippen molar-refractivity contribution in [1.29, 1.82) is 0 Å². The van der Waals surface area contributed by atoms with Crippen molar-refractivity contribution >= 4 is 21.6 Å². The van der Waals surface area contributed by atoms with Crippen LogP contribution in [-0.4, -0.2) is 35.6 Å². The molecule has 1 fully saturated rings. The number of rotatable bonds is 5. The van der Waals surface area contributed by atoms with Gasteiger partial charge in [-0.1, -0.05) is 0 Å². The van der Waals surface area contributed by atoms with Gasteiger partial charge in [-0.05, 0) is 19.3 Å². The second-order valence-electron chi connectivity index (χ2n) is 4.24. The summed E-state index contributed by atoms with van der Waals surface area (Å²) in [4.78, 5) is 4.00. The Kier molecular flexibility index (Phi) is 4.06. The van der Waals surface area contributed by atoms with Gasteiger partial charge in [0, 0.05) is 24.3 Å². The fourth-order valence-corrected chi connectivity index (χ4v) is 3.96. The van der Waals surface area contributed by atoms with Crippen molar-refractivity contribution < 1.29 is 8.42 Å². The number of alkyl halides is 1. The summed E-state index contributed by atoms with van der Waals surface area (Å²) in [5, 5.41) is 0. The Balaban J connectivity index is 2.06. The summed E-state index contributed by atoms with van der Waals surface area (Å²) in [7, 11) is -3.25. The van der Waals surface area contributed by atoms with Crippen LogP contribution in [0.3, 0.4) is 0 Å². The van der Waals surface area contributed by atoms with E-state index in [1.165, 1.54) is 0 Å². The minimum absolute atomic E-state index is 0.0261. The number of hydrogen-bond donors (Lipinski definition) is 1. The first kappa shape index (κ1) is 12.9. The molecule has 1 aromatic heterocycles. The third-order valence-corrected chi connectivity index (χ3v) is 4.88. The summed E-state index contributed by atoms with van der Waals surface area (Å²) in [6, 6.07) is 0.125. The van der Waals surface area contributed by atoms with Gasteiger partial charge in [0.15, 0.2) is 0 Å². The van der Waals surface area contributed by atoms with Gasteiger partial charge in [0.25, 0.3) is 0 Å². The summed E-state index contributed by atoms with van der Waals surface area (Å²) in [5.41, 5.74) is 0. The molecule has 17 heavy (non-hydrogen) atoms. The van der Waals surface area contributed by atoms with Crippen molar-refractivity contribution in [3.8, 4) is 0 Å². The molecule has 1 N–H and O–H groups in total. The Morgan fingerprint density at radius 1 is 1.47 bits per heavy atom. The lowest BCUT2D eigenvalue weighted by molar-refractivity contribution is 0.431. The zero-order valence-electron chi connectivity index (χ0n) is 9.42. The predicted octanol–water partition coefficient (Wildman–Crippen LogP) is 1.13. The molecule has 0 aliphatic heterocycles. The highest BCUT2D eigenvalue weighted by molar-refractivity contribution is 7.89. The summed E-state index contributed by atoms with van der Waals surface area (Å²) >= 11 is 5.47. The van der Waals surface area contributed by atoms with Gasteiger partial charge in [0.2, 0.25) is 10.0 Å². The molecular formula is C10H16ClN3O2S. The molecule has 0 amide bonds. The van der Waals surface area contributed by atoms with Crippen LogP contribution in [0, 0.1) is 0 Å². The minimum atomic E-state index is -3.25. The second-order valence-corrected chi connectivity index (χ2v) is 6.49. The van der Waals surface area contributed by atoms with Crippen molar-refractivity contribution in [3.05, 3.63) is 18.7 Å². The molecule has 7 heteroatoms. The van der Waals surface area contributed by atoms with E-state index in [9.17, 15) is 8.42 Å². The lowest BCUT2D eigenvalue weighted by Crippen LogP contribution is -2.39. The van der Waals surface area contributed by atoms with Gasteiger partial charge in [-0.15, -0.1) is 11.6 Å². The van der Waals surface area contributed by atoms with E-state index in [2.05, 4.69) is 9.71 Å². The van der Waals surface area contributed by atoms with Crippen LogP contribution < -0.4 is 4.72 Å². The van der Waals surface area contributed by atoms with Crippen molar-refractivity contribution in [2.75, 3.05) is 11.6 Å². The van der Waals surface area contributed by atoms with E-state index in [-0.39, 0.29) is 23.7 Å². The molecule has 2 atom stereocenters. The van der Waals surface area contributed by atoms with Crippen LogP contribution in [0.4, 0.5) is 0 Å². The molecule has 96 valence electrons. The van der Waals surface area contributed by atoms with Gasteiger partial charge in [-0.3, -0.25) is 0 Å². The molecule has 1 aromatic rings. The summed E-state index contributed by atoms with van der Waals surface area (Å²) in [6.45, 7) is 0. The van der Waals surface area contributed by atoms with E-state index >= 15 is 0 Å². The molecule has 0 radical (unpaired) electrons. The predicted molar refractivity (Wildman–Crippen MR) is 66.5 cm³/mol. The monoisotopic (exact) mass is 277 g/mol. The highest BCUT2D eigenvalue weighted by atomic mass is 35.5. The first-order valence-corrected chi connectivity index (χ1v) is 7.84.